The van der Waals surface area contributed by atoms with Crippen molar-refractivity contribution >= 4 is 52.9 Å². The topological polar surface area (TPSA) is 24.7 Å². The molecular formula is C8H11N2PS3. The molecule has 1 rings (SSSR count). The van der Waals surface area contributed by atoms with Gasteiger partial charge in [0.2, 0.25) is 0 Å². The van der Waals surface area contributed by atoms with Crippen molar-refractivity contribution in [2.24, 2.45) is 9.53 Å². The number of nitrogens with zero attached hydrogens (tertiary/aromatic N) is 2. The van der Waals surface area contributed by atoms with Gasteiger partial charge < -0.3 is 0 Å². The lowest BCUT2D eigenvalue weighted by Crippen LogP contribution is -2.10. The number of rotatable bonds is 3. The van der Waals surface area contributed by atoms with E-state index in [0.29, 0.717) is 5.66 Å². The summed E-state index contributed by atoms with van der Waals surface area (Å²) in [5, 5.41) is 4.73. The highest BCUT2D eigenvalue weighted by atomic mass is 32.4. The molecule has 0 heterocycles. The fourth-order valence-corrected chi connectivity index (χ4v) is 5.30. The summed E-state index contributed by atoms with van der Waals surface area (Å²) in [7, 11) is 0. The summed E-state index contributed by atoms with van der Waals surface area (Å²) in [5.41, 5.74) is 0.372. The molecule has 0 radical (unpaired) electrons. The lowest BCUT2D eigenvalue weighted by Gasteiger charge is -2.25. The van der Waals surface area contributed by atoms with Gasteiger partial charge in [-0.05, 0) is 49.1 Å². The van der Waals surface area contributed by atoms with Crippen molar-refractivity contribution in [2.75, 3.05) is 0 Å². The normalized spacial score (nSPS) is 21.4. The average molecular weight is 262 g/mol. The minimum Gasteiger partial charge on any atom is -0.175 e. The zero-order valence-corrected chi connectivity index (χ0v) is 11.0. The molecule has 1 aliphatic carbocycles. The van der Waals surface area contributed by atoms with Crippen molar-refractivity contribution in [2.45, 2.75) is 37.8 Å². The first-order valence-electron chi connectivity index (χ1n) is 4.51. The Morgan fingerprint density at radius 1 is 1.00 bits per heavy atom. The second-order valence-electron chi connectivity index (χ2n) is 3.26. The number of thiocarbonyl (C=S) groups is 2. The van der Waals surface area contributed by atoms with Crippen LogP contribution in [0, 0.1) is 0 Å². The molecule has 0 atom stereocenters. The quantitative estimate of drug-likeness (QED) is 0.439. The first-order chi connectivity index (χ1) is 6.73. The van der Waals surface area contributed by atoms with Crippen LogP contribution in [0.2, 0.25) is 0 Å². The van der Waals surface area contributed by atoms with E-state index in [1.165, 1.54) is 19.3 Å². The van der Waals surface area contributed by atoms with Crippen LogP contribution >= 0.6 is 30.8 Å². The fraction of sp³-hybridized carbons (Fsp3) is 0.750. The minimum absolute atomic E-state index is 0.372. The Bertz CT molecular complexity index is 314. The van der Waals surface area contributed by atoms with Crippen LogP contribution in [-0.4, -0.2) is 16.0 Å². The van der Waals surface area contributed by atoms with Gasteiger partial charge in [0.05, 0.1) is 10.3 Å². The molecule has 1 fully saturated rings. The van der Waals surface area contributed by atoms with Crippen molar-refractivity contribution in [3.8, 4) is 0 Å². The molecule has 0 N–H and O–H groups in total. The van der Waals surface area contributed by atoms with Crippen LogP contribution < -0.4 is 0 Å². The van der Waals surface area contributed by atoms with E-state index in [4.69, 9.17) is 11.8 Å². The van der Waals surface area contributed by atoms with Crippen LogP contribution in [0.25, 0.3) is 0 Å². The second kappa shape index (κ2) is 5.97. The third-order valence-electron chi connectivity index (χ3n) is 2.42. The van der Waals surface area contributed by atoms with Gasteiger partial charge in [0, 0.05) is 5.66 Å². The van der Waals surface area contributed by atoms with Gasteiger partial charge in [0.1, 0.15) is 0 Å². The molecule has 0 aromatic carbocycles. The third-order valence-corrected chi connectivity index (χ3v) is 6.50. The maximum absolute atomic E-state index is 5.44. The van der Waals surface area contributed by atoms with E-state index in [-0.39, 0.29) is 0 Å². The van der Waals surface area contributed by atoms with E-state index >= 15 is 0 Å². The van der Waals surface area contributed by atoms with Crippen molar-refractivity contribution < 1.29 is 0 Å². The van der Waals surface area contributed by atoms with Crippen LogP contribution in [0.4, 0.5) is 0 Å². The van der Waals surface area contributed by atoms with Gasteiger partial charge in [-0.25, -0.2) is 0 Å². The summed E-state index contributed by atoms with van der Waals surface area (Å²) in [6, 6.07) is 0. The Hall–Kier alpha value is 0.250. The molecule has 1 saturated carbocycles. The smallest absolute Gasteiger partial charge is 0.175 e. The van der Waals surface area contributed by atoms with E-state index in [0.717, 1.165) is 12.8 Å². The highest BCUT2D eigenvalue weighted by molar-refractivity contribution is 8.14. The summed E-state index contributed by atoms with van der Waals surface area (Å²) in [6.45, 7) is 0. The van der Waals surface area contributed by atoms with Crippen LogP contribution in [0.15, 0.2) is 9.53 Å². The molecule has 0 aromatic rings. The van der Waals surface area contributed by atoms with Gasteiger partial charge in [-0.3, -0.25) is 0 Å². The Morgan fingerprint density at radius 2 is 1.50 bits per heavy atom. The van der Waals surface area contributed by atoms with Crippen molar-refractivity contribution in [1.82, 2.24) is 0 Å². The minimum atomic E-state index is -2.14. The van der Waals surface area contributed by atoms with Crippen molar-refractivity contribution in [1.29, 1.82) is 0 Å². The summed E-state index contributed by atoms with van der Waals surface area (Å²) in [6.07, 6.45) is 3.76. The molecule has 2 nitrogen and oxygen atoms in total. The molecular weight excluding hydrogens is 251 g/mol. The largest absolute Gasteiger partial charge is 0.183 e. The fourth-order valence-electron chi connectivity index (χ4n) is 1.72. The highest BCUT2D eigenvalue weighted by Crippen LogP contribution is 2.57. The number of hydrogen-bond acceptors (Lipinski definition) is 3. The average Bonchev–Trinajstić information content (AvgIpc) is 2.20. The molecule has 0 unspecified atom stereocenters. The standard InChI is InChI=1S/C8H11N2PS3/c12-6-9-11(14,10-7-13)8-4-2-1-3-5-8/h8H,1-5H2. The lowest BCUT2D eigenvalue weighted by atomic mass is 10.0. The monoisotopic (exact) mass is 262 g/mol. The zero-order valence-electron chi connectivity index (χ0n) is 7.68. The molecule has 0 saturated heterocycles. The lowest BCUT2D eigenvalue weighted by molar-refractivity contribution is 0.510. The predicted octanol–water partition coefficient (Wildman–Crippen LogP) is 3.83. The maximum atomic E-state index is 5.44. The van der Waals surface area contributed by atoms with Gasteiger partial charge in [0.15, 0.2) is 6.34 Å². The summed E-state index contributed by atoms with van der Waals surface area (Å²) in [5.74, 6) is 0. The molecule has 0 bridgehead atoms. The van der Waals surface area contributed by atoms with Gasteiger partial charge in [-0.15, -0.1) is 0 Å². The number of isothiocyanates is 2. The molecule has 0 amide bonds. The Morgan fingerprint density at radius 3 is 1.93 bits per heavy atom. The molecule has 0 aromatic heterocycles. The van der Waals surface area contributed by atoms with E-state index < -0.39 is 6.34 Å². The molecule has 0 aliphatic heterocycles. The molecule has 76 valence electrons. The van der Waals surface area contributed by atoms with Crippen LogP contribution in [-0.2, 0) is 11.8 Å². The summed E-state index contributed by atoms with van der Waals surface area (Å²) < 4.78 is 8.13. The van der Waals surface area contributed by atoms with Gasteiger partial charge in [0.25, 0.3) is 0 Å². The molecule has 1 aliphatic rings. The second-order valence-corrected chi connectivity index (χ2v) is 7.55. The SMILES string of the molecule is S=C=NP(=S)(N=C=S)C1CCCCC1. The first-order valence-corrected chi connectivity index (χ1v) is 8.11. The van der Waals surface area contributed by atoms with E-state index in [1.807, 2.05) is 0 Å². The number of hydrogen-bond donors (Lipinski definition) is 0. The predicted molar refractivity (Wildman–Crippen MR) is 71.2 cm³/mol. The maximum Gasteiger partial charge on any atom is 0.183 e. The van der Waals surface area contributed by atoms with Crippen LogP contribution in [0.3, 0.4) is 0 Å². The molecule has 0 spiro atoms. The summed E-state index contributed by atoms with van der Waals surface area (Å²) in [4.78, 5) is 0. The summed E-state index contributed by atoms with van der Waals surface area (Å²) >= 11 is 14.7. The van der Waals surface area contributed by atoms with Crippen LogP contribution in [0.5, 0.6) is 0 Å². The van der Waals surface area contributed by atoms with E-state index in [1.54, 1.807) is 0 Å². The van der Waals surface area contributed by atoms with Gasteiger partial charge in [-0.1, -0.05) is 19.3 Å². The van der Waals surface area contributed by atoms with E-state index in [2.05, 4.69) is 44.3 Å². The Kier molecular flexibility index (Phi) is 5.25. The third kappa shape index (κ3) is 3.13. The molecule has 6 heteroatoms. The molecule has 14 heavy (non-hydrogen) atoms. The van der Waals surface area contributed by atoms with Crippen molar-refractivity contribution in [3.05, 3.63) is 0 Å². The van der Waals surface area contributed by atoms with Crippen LogP contribution in [0.1, 0.15) is 32.1 Å². The van der Waals surface area contributed by atoms with Gasteiger partial charge >= 0.3 is 0 Å². The van der Waals surface area contributed by atoms with Crippen molar-refractivity contribution in [3.63, 3.8) is 0 Å². The highest BCUT2D eigenvalue weighted by Gasteiger charge is 2.28. The van der Waals surface area contributed by atoms with Gasteiger partial charge in [-0.2, -0.15) is 9.53 Å². The Labute approximate surface area is 100 Å². The Balaban J connectivity index is 2.91. The van der Waals surface area contributed by atoms with E-state index in [9.17, 15) is 0 Å². The first kappa shape index (κ1) is 12.3. The zero-order chi connectivity index (χ0) is 10.4.